The third-order valence-electron chi connectivity index (χ3n) is 7.66. The van der Waals surface area contributed by atoms with Crippen molar-refractivity contribution in [2.45, 2.75) is 50.2 Å². The second-order valence-electron chi connectivity index (χ2n) is 9.84. The highest BCUT2D eigenvalue weighted by Crippen LogP contribution is 2.41. The third kappa shape index (κ3) is 6.68. The topological polar surface area (TPSA) is 39.6 Å². The predicted molar refractivity (Wildman–Crippen MR) is 150 cm³/mol. The van der Waals surface area contributed by atoms with Crippen molar-refractivity contribution in [3.8, 4) is 0 Å². The van der Waals surface area contributed by atoms with E-state index < -0.39 is 5.60 Å². The zero-order valence-electron chi connectivity index (χ0n) is 20.1. The molecule has 1 saturated carbocycles. The Balaban J connectivity index is 0.00000171. The molecule has 7 heteroatoms. The van der Waals surface area contributed by atoms with Gasteiger partial charge in [0.2, 0.25) is 0 Å². The molecule has 1 unspecified atom stereocenters. The zero-order chi connectivity index (χ0) is 22.7. The van der Waals surface area contributed by atoms with Crippen molar-refractivity contribution in [1.29, 1.82) is 0 Å². The average molecular weight is 537 g/mol. The van der Waals surface area contributed by atoms with Gasteiger partial charge in [0.15, 0.2) is 0 Å². The molecule has 2 aromatic carbocycles. The summed E-state index contributed by atoms with van der Waals surface area (Å²) in [6.45, 7) is 5.97. The van der Waals surface area contributed by atoms with Crippen molar-refractivity contribution < 1.29 is 5.11 Å². The molecule has 1 saturated heterocycles. The highest BCUT2D eigenvalue weighted by Gasteiger charge is 2.40. The summed E-state index contributed by atoms with van der Waals surface area (Å²) in [6, 6.07) is 18.7. The molecular formula is C28H36Cl3N3O. The Bertz CT molecular complexity index is 1080. The van der Waals surface area contributed by atoms with E-state index in [2.05, 4.69) is 57.2 Å². The maximum atomic E-state index is 11.7. The summed E-state index contributed by atoms with van der Waals surface area (Å²) in [6.07, 6.45) is 7.16. The van der Waals surface area contributed by atoms with Crippen LogP contribution in [0.5, 0.6) is 0 Å². The molecule has 190 valence electrons. The predicted octanol–water partition coefficient (Wildman–Crippen LogP) is 6.33. The van der Waals surface area contributed by atoms with Gasteiger partial charge in [-0.05, 0) is 48.2 Å². The number of piperazine rings is 1. The van der Waals surface area contributed by atoms with Gasteiger partial charge in [0.25, 0.3) is 0 Å². The summed E-state index contributed by atoms with van der Waals surface area (Å²) in [7, 11) is 0. The van der Waals surface area contributed by atoms with Crippen molar-refractivity contribution >= 4 is 47.3 Å². The molecule has 1 aliphatic heterocycles. The standard InChI is InChI=1S/C28H34ClN3O.2ClH/c29-24-8-6-7-22(19-24)26(28(33)12-4-1-5-13-28)21-32-17-15-31(16-18-32)20-23-11-14-30-27-10-3-2-9-25(23)27;;/h2-3,6-11,14,19,26,33H,1,4-5,12-13,15-18,20-21H2;2*1H. The Morgan fingerprint density at radius 3 is 2.34 bits per heavy atom. The van der Waals surface area contributed by atoms with Crippen LogP contribution in [-0.4, -0.2) is 58.2 Å². The third-order valence-corrected chi connectivity index (χ3v) is 7.89. The minimum Gasteiger partial charge on any atom is -0.389 e. The normalized spacial score (nSPS) is 19.5. The van der Waals surface area contributed by atoms with Gasteiger partial charge in [-0.25, -0.2) is 0 Å². The number of pyridine rings is 1. The molecular weight excluding hydrogens is 501 g/mol. The lowest BCUT2D eigenvalue weighted by atomic mass is 9.72. The quantitative estimate of drug-likeness (QED) is 0.400. The lowest BCUT2D eigenvalue weighted by Crippen LogP contribution is -2.50. The lowest BCUT2D eigenvalue weighted by molar-refractivity contribution is -0.0344. The number of rotatable bonds is 6. The molecule has 0 amide bonds. The first-order chi connectivity index (χ1) is 16.1. The Labute approximate surface area is 226 Å². The summed E-state index contributed by atoms with van der Waals surface area (Å²) in [5, 5.41) is 13.7. The fourth-order valence-corrected chi connectivity index (χ4v) is 5.94. The molecule has 35 heavy (non-hydrogen) atoms. The van der Waals surface area contributed by atoms with Crippen LogP contribution in [0.4, 0.5) is 0 Å². The summed E-state index contributed by atoms with van der Waals surface area (Å²) in [5.41, 5.74) is 2.97. The zero-order valence-corrected chi connectivity index (χ0v) is 22.5. The van der Waals surface area contributed by atoms with Gasteiger partial charge in [0.05, 0.1) is 11.1 Å². The van der Waals surface area contributed by atoms with E-state index in [1.807, 2.05) is 18.3 Å². The molecule has 2 heterocycles. The fourth-order valence-electron chi connectivity index (χ4n) is 5.74. The van der Waals surface area contributed by atoms with Gasteiger partial charge in [-0.15, -0.1) is 24.8 Å². The van der Waals surface area contributed by atoms with E-state index in [4.69, 9.17) is 11.6 Å². The van der Waals surface area contributed by atoms with Crippen LogP contribution in [0.1, 0.15) is 49.1 Å². The van der Waals surface area contributed by atoms with E-state index in [9.17, 15) is 5.11 Å². The van der Waals surface area contributed by atoms with Gasteiger partial charge in [-0.2, -0.15) is 0 Å². The van der Waals surface area contributed by atoms with Gasteiger partial charge in [-0.1, -0.05) is 61.2 Å². The number of benzene rings is 2. The van der Waals surface area contributed by atoms with Crippen LogP contribution >= 0.6 is 36.4 Å². The van der Waals surface area contributed by atoms with E-state index in [0.717, 1.165) is 75.5 Å². The maximum absolute atomic E-state index is 11.7. The molecule has 1 N–H and O–H groups in total. The summed E-state index contributed by atoms with van der Waals surface area (Å²) < 4.78 is 0. The van der Waals surface area contributed by atoms with E-state index in [1.165, 1.54) is 22.9 Å². The molecule has 0 radical (unpaired) electrons. The molecule has 2 aliphatic rings. The first kappa shape index (κ1) is 28.2. The van der Waals surface area contributed by atoms with Crippen molar-refractivity contribution in [2.75, 3.05) is 32.7 Å². The van der Waals surface area contributed by atoms with E-state index in [1.54, 1.807) is 0 Å². The lowest BCUT2D eigenvalue weighted by Gasteiger charge is -2.43. The number of para-hydroxylation sites is 1. The van der Waals surface area contributed by atoms with Crippen LogP contribution in [0, 0.1) is 0 Å². The average Bonchev–Trinajstić information content (AvgIpc) is 2.84. The van der Waals surface area contributed by atoms with Crippen LogP contribution < -0.4 is 0 Å². The first-order valence-corrected chi connectivity index (χ1v) is 12.7. The van der Waals surface area contributed by atoms with Gasteiger partial charge in [0.1, 0.15) is 0 Å². The minimum absolute atomic E-state index is 0. The van der Waals surface area contributed by atoms with E-state index in [0.29, 0.717) is 0 Å². The van der Waals surface area contributed by atoms with Crippen molar-refractivity contribution in [3.05, 3.63) is 76.9 Å². The van der Waals surface area contributed by atoms with Crippen molar-refractivity contribution in [3.63, 3.8) is 0 Å². The molecule has 2 fully saturated rings. The molecule has 3 aromatic rings. The number of hydrogen-bond acceptors (Lipinski definition) is 4. The summed E-state index contributed by atoms with van der Waals surface area (Å²) in [4.78, 5) is 9.59. The van der Waals surface area contributed by atoms with Gasteiger partial charge >= 0.3 is 0 Å². The van der Waals surface area contributed by atoms with Gasteiger partial charge in [0, 0.05) is 61.8 Å². The fraction of sp³-hybridized carbons (Fsp3) is 0.464. The number of halogens is 3. The van der Waals surface area contributed by atoms with Crippen LogP contribution in [0.3, 0.4) is 0 Å². The van der Waals surface area contributed by atoms with Crippen LogP contribution in [0.15, 0.2) is 60.8 Å². The van der Waals surface area contributed by atoms with E-state index >= 15 is 0 Å². The minimum atomic E-state index is -0.629. The van der Waals surface area contributed by atoms with Crippen molar-refractivity contribution in [2.24, 2.45) is 0 Å². The van der Waals surface area contributed by atoms with Crippen LogP contribution in [-0.2, 0) is 6.54 Å². The van der Waals surface area contributed by atoms with E-state index in [-0.39, 0.29) is 30.7 Å². The molecule has 1 aliphatic carbocycles. The van der Waals surface area contributed by atoms with Gasteiger partial charge < -0.3 is 10.0 Å². The molecule has 1 aromatic heterocycles. The number of fused-ring (bicyclic) bond motifs is 1. The largest absolute Gasteiger partial charge is 0.389 e. The SMILES string of the molecule is Cl.Cl.OC1(C(CN2CCN(Cc3ccnc4ccccc34)CC2)c2cccc(Cl)c2)CCCCC1. The number of aliphatic hydroxyl groups is 1. The molecule has 1 atom stereocenters. The first-order valence-electron chi connectivity index (χ1n) is 12.4. The number of nitrogens with zero attached hydrogens (tertiary/aromatic N) is 3. The smallest absolute Gasteiger partial charge is 0.0728 e. The Kier molecular flexibility index (Phi) is 10.2. The number of hydrogen-bond donors (Lipinski definition) is 1. The maximum Gasteiger partial charge on any atom is 0.0728 e. The van der Waals surface area contributed by atoms with Crippen molar-refractivity contribution in [1.82, 2.24) is 14.8 Å². The highest BCUT2D eigenvalue weighted by atomic mass is 35.5. The van der Waals surface area contributed by atoms with Crippen LogP contribution in [0.2, 0.25) is 5.02 Å². The Morgan fingerprint density at radius 1 is 0.886 bits per heavy atom. The highest BCUT2D eigenvalue weighted by molar-refractivity contribution is 6.30. The Hall–Kier alpha value is -1.40. The molecule has 0 bridgehead atoms. The molecule has 4 nitrogen and oxygen atoms in total. The molecule has 0 spiro atoms. The number of aromatic nitrogens is 1. The summed E-state index contributed by atoms with van der Waals surface area (Å²) in [5.74, 6) is 0.104. The molecule has 5 rings (SSSR count). The van der Waals surface area contributed by atoms with Gasteiger partial charge in [-0.3, -0.25) is 9.88 Å². The second kappa shape index (κ2) is 12.7. The van der Waals surface area contributed by atoms with Crippen LogP contribution in [0.25, 0.3) is 10.9 Å². The Morgan fingerprint density at radius 2 is 1.60 bits per heavy atom. The second-order valence-corrected chi connectivity index (χ2v) is 10.3. The monoisotopic (exact) mass is 535 g/mol. The summed E-state index contributed by atoms with van der Waals surface area (Å²) >= 11 is 6.35.